The predicted molar refractivity (Wildman–Crippen MR) is 66.4 cm³/mol. The lowest BCUT2D eigenvalue weighted by atomic mass is 10.0. The third-order valence-electron chi connectivity index (χ3n) is 2.62. The molecule has 0 fully saturated rings. The maximum Gasteiger partial charge on any atom is 0.0671 e. The molecule has 0 radical (unpaired) electrons. The van der Waals surface area contributed by atoms with Gasteiger partial charge in [-0.3, -0.25) is 0 Å². The van der Waals surface area contributed by atoms with Gasteiger partial charge in [0.15, 0.2) is 0 Å². The van der Waals surface area contributed by atoms with Crippen LogP contribution in [0.15, 0.2) is 41.8 Å². The molecular formula is C13H15NS. The summed E-state index contributed by atoms with van der Waals surface area (Å²) < 4.78 is 0. The molecule has 0 amide bonds. The Morgan fingerprint density at radius 3 is 2.53 bits per heavy atom. The molecule has 0 aliphatic heterocycles. The lowest BCUT2D eigenvalue weighted by molar-refractivity contribution is 0.699. The van der Waals surface area contributed by atoms with E-state index in [0.29, 0.717) is 6.04 Å². The van der Waals surface area contributed by atoms with Crippen LogP contribution in [0, 0.1) is 6.92 Å². The minimum Gasteiger partial charge on any atom is -0.309 e. The number of thiophene rings is 1. The molecule has 1 nitrogen and oxygen atoms in total. The minimum absolute atomic E-state index is 0.325. The quantitative estimate of drug-likeness (QED) is 0.831. The summed E-state index contributed by atoms with van der Waals surface area (Å²) in [5.74, 6) is 0. The van der Waals surface area contributed by atoms with Gasteiger partial charge in [0, 0.05) is 4.88 Å². The zero-order chi connectivity index (χ0) is 10.7. The fraction of sp³-hybridized carbons (Fsp3) is 0.231. The van der Waals surface area contributed by atoms with Crippen LogP contribution < -0.4 is 5.32 Å². The number of aryl methyl sites for hydroxylation is 1. The third-order valence-corrected chi connectivity index (χ3v) is 3.55. The van der Waals surface area contributed by atoms with Crippen LogP contribution in [-0.2, 0) is 0 Å². The van der Waals surface area contributed by atoms with E-state index in [1.807, 2.05) is 7.05 Å². The van der Waals surface area contributed by atoms with E-state index in [-0.39, 0.29) is 0 Å². The van der Waals surface area contributed by atoms with E-state index in [1.165, 1.54) is 16.0 Å². The molecule has 1 heterocycles. The second-order valence-corrected chi connectivity index (χ2v) is 4.57. The van der Waals surface area contributed by atoms with Gasteiger partial charge in [-0.15, -0.1) is 11.3 Å². The number of hydrogen-bond donors (Lipinski definition) is 1. The molecule has 0 spiro atoms. The fourth-order valence-corrected chi connectivity index (χ4v) is 2.67. The van der Waals surface area contributed by atoms with Crippen LogP contribution in [0.2, 0.25) is 0 Å². The van der Waals surface area contributed by atoms with E-state index >= 15 is 0 Å². The Bertz CT molecular complexity index is 420. The van der Waals surface area contributed by atoms with E-state index in [0.717, 1.165) is 0 Å². The van der Waals surface area contributed by atoms with Crippen molar-refractivity contribution in [2.45, 2.75) is 13.0 Å². The summed E-state index contributed by atoms with van der Waals surface area (Å²) in [6.45, 7) is 2.16. The molecule has 0 aliphatic rings. The largest absolute Gasteiger partial charge is 0.309 e. The van der Waals surface area contributed by atoms with E-state index in [1.54, 1.807) is 11.3 Å². The highest BCUT2D eigenvalue weighted by molar-refractivity contribution is 7.10. The molecule has 0 bridgehead atoms. The maximum absolute atomic E-state index is 3.37. The number of nitrogens with one attached hydrogen (secondary N) is 1. The van der Waals surface area contributed by atoms with E-state index in [4.69, 9.17) is 0 Å². The first-order valence-corrected chi connectivity index (χ1v) is 5.97. The molecule has 0 saturated heterocycles. The SMILES string of the molecule is CNC(c1cccs1)c1ccccc1C. The minimum atomic E-state index is 0.325. The smallest absolute Gasteiger partial charge is 0.0671 e. The summed E-state index contributed by atoms with van der Waals surface area (Å²) in [6.07, 6.45) is 0. The molecule has 78 valence electrons. The molecule has 1 unspecified atom stereocenters. The standard InChI is InChI=1S/C13H15NS/c1-10-6-3-4-7-11(10)13(14-2)12-8-5-9-15-12/h3-9,13-14H,1-2H3. The van der Waals surface area contributed by atoms with Crippen molar-refractivity contribution in [3.63, 3.8) is 0 Å². The molecule has 2 rings (SSSR count). The molecule has 15 heavy (non-hydrogen) atoms. The topological polar surface area (TPSA) is 12.0 Å². The van der Waals surface area contributed by atoms with Gasteiger partial charge in [-0.25, -0.2) is 0 Å². The Morgan fingerprint density at radius 2 is 1.93 bits per heavy atom. The lowest BCUT2D eigenvalue weighted by Gasteiger charge is -2.17. The average molecular weight is 217 g/mol. The first-order chi connectivity index (χ1) is 7.33. The predicted octanol–water partition coefficient (Wildman–Crippen LogP) is 3.37. The third kappa shape index (κ3) is 2.11. The second-order valence-electron chi connectivity index (χ2n) is 3.59. The van der Waals surface area contributed by atoms with Gasteiger partial charge in [-0.2, -0.15) is 0 Å². The summed E-state index contributed by atoms with van der Waals surface area (Å²) in [7, 11) is 2.01. The number of hydrogen-bond acceptors (Lipinski definition) is 2. The fourth-order valence-electron chi connectivity index (χ4n) is 1.82. The Kier molecular flexibility index (Phi) is 3.19. The van der Waals surface area contributed by atoms with Crippen LogP contribution in [0.25, 0.3) is 0 Å². The van der Waals surface area contributed by atoms with Crippen molar-refractivity contribution in [1.82, 2.24) is 5.32 Å². The summed E-state index contributed by atoms with van der Waals surface area (Å²) in [5, 5.41) is 5.49. The van der Waals surface area contributed by atoms with Crippen molar-refractivity contribution >= 4 is 11.3 Å². The van der Waals surface area contributed by atoms with Crippen molar-refractivity contribution in [2.75, 3.05) is 7.05 Å². The normalized spacial score (nSPS) is 12.7. The maximum atomic E-state index is 3.37. The van der Waals surface area contributed by atoms with Crippen LogP contribution in [0.1, 0.15) is 22.0 Å². The van der Waals surface area contributed by atoms with Crippen LogP contribution in [-0.4, -0.2) is 7.05 Å². The van der Waals surface area contributed by atoms with Gasteiger partial charge in [-0.05, 0) is 36.5 Å². The summed E-state index contributed by atoms with van der Waals surface area (Å²) >= 11 is 1.80. The van der Waals surface area contributed by atoms with E-state index < -0.39 is 0 Å². The van der Waals surface area contributed by atoms with Gasteiger partial charge in [0.25, 0.3) is 0 Å². The monoisotopic (exact) mass is 217 g/mol. The van der Waals surface area contributed by atoms with Crippen LogP contribution in [0.5, 0.6) is 0 Å². The van der Waals surface area contributed by atoms with Crippen molar-refractivity contribution < 1.29 is 0 Å². The Labute approximate surface area is 94.8 Å². The summed E-state index contributed by atoms with van der Waals surface area (Å²) in [4.78, 5) is 1.37. The number of benzene rings is 1. The molecule has 2 heteroatoms. The van der Waals surface area contributed by atoms with Gasteiger partial charge >= 0.3 is 0 Å². The second kappa shape index (κ2) is 4.60. The van der Waals surface area contributed by atoms with Crippen molar-refractivity contribution in [2.24, 2.45) is 0 Å². The van der Waals surface area contributed by atoms with Gasteiger partial charge < -0.3 is 5.32 Å². The van der Waals surface area contributed by atoms with Gasteiger partial charge in [-0.1, -0.05) is 30.3 Å². The molecule has 1 aromatic heterocycles. The molecule has 1 aromatic carbocycles. The number of rotatable bonds is 3. The van der Waals surface area contributed by atoms with E-state index in [9.17, 15) is 0 Å². The molecule has 1 atom stereocenters. The highest BCUT2D eigenvalue weighted by atomic mass is 32.1. The van der Waals surface area contributed by atoms with Gasteiger partial charge in [0.05, 0.1) is 6.04 Å². The van der Waals surface area contributed by atoms with Gasteiger partial charge in [0.1, 0.15) is 0 Å². The lowest BCUT2D eigenvalue weighted by Crippen LogP contribution is -2.17. The van der Waals surface area contributed by atoms with Crippen LogP contribution >= 0.6 is 11.3 Å². The molecule has 1 N–H and O–H groups in total. The summed E-state index contributed by atoms with van der Waals surface area (Å²) in [5.41, 5.74) is 2.70. The van der Waals surface area contributed by atoms with Crippen LogP contribution in [0.3, 0.4) is 0 Å². The zero-order valence-corrected chi connectivity index (χ0v) is 9.84. The Balaban J connectivity index is 2.40. The van der Waals surface area contributed by atoms with Gasteiger partial charge in [0.2, 0.25) is 0 Å². The Morgan fingerprint density at radius 1 is 1.13 bits per heavy atom. The van der Waals surface area contributed by atoms with Crippen molar-refractivity contribution in [3.8, 4) is 0 Å². The molecule has 2 aromatic rings. The molecule has 0 aliphatic carbocycles. The van der Waals surface area contributed by atoms with Crippen molar-refractivity contribution in [1.29, 1.82) is 0 Å². The highest BCUT2D eigenvalue weighted by Gasteiger charge is 2.13. The van der Waals surface area contributed by atoms with Crippen LogP contribution in [0.4, 0.5) is 0 Å². The molecular weight excluding hydrogens is 202 g/mol. The zero-order valence-electron chi connectivity index (χ0n) is 9.03. The summed E-state index contributed by atoms with van der Waals surface area (Å²) in [6, 6.07) is 13.1. The first-order valence-electron chi connectivity index (χ1n) is 5.09. The van der Waals surface area contributed by atoms with Crippen molar-refractivity contribution in [3.05, 3.63) is 57.8 Å². The molecule has 0 saturated carbocycles. The Hall–Kier alpha value is -1.12. The van der Waals surface area contributed by atoms with E-state index in [2.05, 4.69) is 54.0 Å². The first kappa shape index (κ1) is 10.4. The highest BCUT2D eigenvalue weighted by Crippen LogP contribution is 2.27. The average Bonchev–Trinajstić information content (AvgIpc) is 2.75.